The van der Waals surface area contributed by atoms with Gasteiger partial charge in [0.05, 0.1) is 5.52 Å². The van der Waals surface area contributed by atoms with Gasteiger partial charge < -0.3 is 4.98 Å². The lowest BCUT2D eigenvalue weighted by Crippen LogP contribution is -2.05. The van der Waals surface area contributed by atoms with Gasteiger partial charge in [-0.3, -0.25) is 9.78 Å². The molecule has 4 nitrogen and oxygen atoms in total. The van der Waals surface area contributed by atoms with E-state index in [1.165, 1.54) is 25.7 Å². The summed E-state index contributed by atoms with van der Waals surface area (Å²) in [6, 6.07) is 9.53. The molecule has 4 rings (SSSR count). The molecule has 1 saturated carbocycles. The van der Waals surface area contributed by atoms with Crippen molar-refractivity contribution in [1.29, 1.82) is 0 Å². The van der Waals surface area contributed by atoms with Crippen molar-refractivity contribution >= 4 is 28.4 Å². The molecule has 0 bridgehead atoms. The number of H-pyrrole nitrogens is 1. The zero-order chi connectivity index (χ0) is 17.2. The fourth-order valence-corrected chi connectivity index (χ4v) is 3.85. The van der Waals surface area contributed by atoms with Crippen molar-refractivity contribution in [3.8, 4) is 0 Å². The van der Waals surface area contributed by atoms with E-state index in [9.17, 15) is 4.79 Å². The van der Waals surface area contributed by atoms with Gasteiger partial charge in [-0.2, -0.15) is 0 Å². The summed E-state index contributed by atoms with van der Waals surface area (Å²) in [6.45, 7) is 0. The molecule has 0 radical (unpaired) electrons. The second kappa shape index (κ2) is 6.96. The number of nitrogens with one attached hydrogen (secondary N) is 1. The third-order valence-electron chi connectivity index (χ3n) is 5.00. The van der Waals surface area contributed by atoms with Crippen LogP contribution >= 0.6 is 11.6 Å². The Balaban J connectivity index is 1.57. The van der Waals surface area contributed by atoms with Crippen molar-refractivity contribution in [1.82, 2.24) is 15.0 Å². The van der Waals surface area contributed by atoms with E-state index >= 15 is 0 Å². The van der Waals surface area contributed by atoms with Gasteiger partial charge in [-0.1, -0.05) is 42.6 Å². The van der Waals surface area contributed by atoms with E-state index in [4.69, 9.17) is 16.6 Å². The number of hydrogen-bond donors (Lipinski definition) is 1. The third-order valence-corrected chi connectivity index (χ3v) is 5.37. The van der Waals surface area contributed by atoms with Crippen LogP contribution in [0.5, 0.6) is 0 Å². The number of rotatable bonds is 5. The number of nitrogens with zero attached hydrogens (tertiary/aromatic N) is 2. The number of carbonyl (C=O) groups is 1. The maximum absolute atomic E-state index is 12.7. The Morgan fingerprint density at radius 2 is 2.00 bits per heavy atom. The lowest BCUT2D eigenvalue weighted by molar-refractivity contribution is 0.0979. The number of aromatic amines is 1. The summed E-state index contributed by atoms with van der Waals surface area (Å²) in [5.74, 6) is 1.49. The molecule has 25 heavy (non-hydrogen) atoms. The van der Waals surface area contributed by atoms with Gasteiger partial charge >= 0.3 is 0 Å². The fourth-order valence-electron chi connectivity index (χ4n) is 3.62. The van der Waals surface area contributed by atoms with Crippen LogP contribution in [0.25, 0.3) is 11.0 Å². The minimum atomic E-state index is 0.00925. The van der Waals surface area contributed by atoms with E-state index < -0.39 is 0 Å². The number of pyridine rings is 1. The molecular weight excluding hydrogens is 334 g/mol. The molecule has 5 heteroatoms. The number of imidazole rings is 1. The van der Waals surface area contributed by atoms with E-state index in [0.717, 1.165) is 16.9 Å². The molecule has 1 aliphatic carbocycles. The van der Waals surface area contributed by atoms with E-state index in [-0.39, 0.29) is 5.78 Å². The van der Waals surface area contributed by atoms with Gasteiger partial charge in [-0.05, 0) is 37.0 Å². The lowest BCUT2D eigenvalue weighted by Gasteiger charge is -2.04. The lowest BCUT2D eigenvalue weighted by atomic mass is 10.1. The monoisotopic (exact) mass is 353 g/mol. The second-order valence-corrected chi connectivity index (χ2v) is 7.08. The summed E-state index contributed by atoms with van der Waals surface area (Å²) in [5.41, 5.74) is 3.05. The summed E-state index contributed by atoms with van der Waals surface area (Å²) in [5, 5.41) is 0.699. The molecule has 1 aliphatic rings. The van der Waals surface area contributed by atoms with Crippen LogP contribution in [0, 0.1) is 0 Å². The molecule has 2 aromatic heterocycles. The van der Waals surface area contributed by atoms with Crippen LogP contribution in [0.4, 0.5) is 0 Å². The van der Waals surface area contributed by atoms with Crippen molar-refractivity contribution in [2.45, 2.75) is 44.4 Å². The summed E-state index contributed by atoms with van der Waals surface area (Å²) in [6.07, 6.45) is 7.51. The number of ketones is 1. The quantitative estimate of drug-likeness (QED) is 0.650. The molecular formula is C20H20ClN3O. The first kappa shape index (κ1) is 16.3. The van der Waals surface area contributed by atoms with Crippen LogP contribution in [0.1, 0.15) is 59.9 Å². The Kier molecular flexibility index (Phi) is 4.53. The fraction of sp³-hybridized carbons (Fsp3) is 0.350. The van der Waals surface area contributed by atoms with Gasteiger partial charge in [0.1, 0.15) is 17.0 Å². The second-order valence-electron chi connectivity index (χ2n) is 6.67. The maximum Gasteiger partial charge on any atom is 0.183 e. The molecule has 1 aromatic carbocycles. The van der Waals surface area contributed by atoms with E-state index in [1.807, 2.05) is 30.3 Å². The number of aromatic nitrogens is 3. The average molecular weight is 354 g/mol. The molecule has 1 N–H and O–H groups in total. The van der Waals surface area contributed by atoms with Crippen LogP contribution in [-0.4, -0.2) is 20.7 Å². The molecule has 0 unspecified atom stereocenters. The molecule has 0 spiro atoms. The standard InChI is InChI=1S/C20H20ClN3O/c21-15-8-4-3-5-13(15)9-10-17(25)19-18-16(11-12-22-19)23-20(24-18)14-6-1-2-7-14/h3-5,8,11-12,14H,1-2,6-7,9-10H2,(H,23,24). The van der Waals surface area contributed by atoms with Gasteiger partial charge in [0, 0.05) is 23.6 Å². The highest BCUT2D eigenvalue weighted by atomic mass is 35.5. The Bertz CT molecular complexity index is 912. The van der Waals surface area contributed by atoms with Gasteiger partial charge in [-0.15, -0.1) is 0 Å². The number of carbonyl (C=O) groups excluding carboxylic acids is 1. The first-order valence-electron chi connectivity index (χ1n) is 8.83. The Morgan fingerprint density at radius 3 is 2.80 bits per heavy atom. The highest BCUT2D eigenvalue weighted by molar-refractivity contribution is 6.31. The van der Waals surface area contributed by atoms with Crippen LogP contribution in [0.3, 0.4) is 0 Å². The molecule has 0 atom stereocenters. The third kappa shape index (κ3) is 3.31. The topological polar surface area (TPSA) is 58.6 Å². The molecule has 0 saturated heterocycles. The Hall–Kier alpha value is -2.20. The zero-order valence-electron chi connectivity index (χ0n) is 14.0. The highest BCUT2D eigenvalue weighted by Gasteiger charge is 2.22. The van der Waals surface area contributed by atoms with Gasteiger partial charge in [0.15, 0.2) is 5.78 Å². The van der Waals surface area contributed by atoms with Crippen LogP contribution in [-0.2, 0) is 6.42 Å². The van der Waals surface area contributed by atoms with Crippen molar-refractivity contribution in [3.63, 3.8) is 0 Å². The molecule has 0 aliphatic heterocycles. The minimum Gasteiger partial charge on any atom is -0.342 e. The van der Waals surface area contributed by atoms with E-state index in [0.29, 0.717) is 35.0 Å². The molecule has 0 amide bonds. The molecule has 128 valence electrons. The number of fused-ring (bicyclic) bond motifs is 1. The summed E-state index contributed by atoms with van der Waals surface area (Å²) < 4.78 is 0. The largest absolute Gasteiger partial charge is 0.342 e. The Labute approximate surface area is 151 Å². The summed E-state index contributed by atoms with van der Waals surface area (Å²) in [4.78, 5) is 25.1. The van der Waals surface area contributed by atoms with E-state index in [1.54, 1.807) is 6.20 Å². The maximum atomic E-state index is 12.7. The van der Waals surface area contributed by atoms with Crippen molar-refractivity contribution < 1.29 is 4.79 Å². The van der Waals surface area contributed by atoms with Gasteiger partial charge in [0.2, 0.25) is 0 Å². The Morgan fingerprint density at radius 1 is 1.20 bits per heavy atom. The van der Waals surface area contributed by atoms with Crippen molar-refractivity contribution in [2.75, 3.05) is 0 Å². The van der Waals surface area contributed by atoms with Crippen molar-refractivity contribution in [2.24, 2.45) is 0 Å². The smallest absolute Gasteiger partial charge is 0.183 e. The minimum absolute atomic E-state index is 0.00925. The number of benzene rings is 1. The molecule has 3 aromatic rings. The highest BCUT2D eigenvalue weighted by Crippen LogP contribution is 2.33. The van der Waals surface area contributed by atoms with Crippen molar-refractivity contribution in [3.05, 3.63) is 58.6 Å². The molecule has 1 fully saturated rings. The average Bonchev–Trinajstić information content (AvgIpc) is 3.29. The predicted octanol–water partition coefficient (Wildman–Crippen LogP) is 5.08. The normalized spacial score (nSPS) is 15.1. The number of halogens is 1. The first-order chi connectivity index (χ1) is 12.2. The zero-order valence-corrected chi connectivity index (χ0v) is 14.7. The summed E-state index contributed by atoms with van der Waals surface area (Å²) in [7, 11) is 0. The number of hydrogen-bond acceptors (Lipinski definition) is 3. The van der Waals surface area contributed by atoms with E-state index in [2.05, 4.69) is 9.97 Å². The van der Waals surface area contributed by atoms with Gasteiger partial charge in [-0.25, -0.2) is 4.98 Å². The van der Waals surface area contributed by atoms with Crippen LogP contribution in [0.2, 0.25) is 5.02 Å². The van der Waals surface area contributed by atoms with Gasteiger partial charge in [0.25, 0.3) is 0 Å². The molecule has 2 heterocycles. The summed E-state index contributed by atoms with van der Waals surface area (Å²) >= 11 is 6.18. The SMILES string of the molecule is O=C(CCc1ccccc1Cl)c1nccc2[nH]c(C3CCCC3)nc12. The first-order valence-corrected chi connectivity index (χ1v) is 9.21. The van der Waals surface area contributed by atoms with Crippen LogP contribution in [0.15, 0.2) is 36.5 Å². The van der Waals surface area contributed by atoms with Crippen LogP contribution < -0.4 is 0 Å². The predicted molar refractivity (Wildman–Crippen MR) is 99.2 cm³/mol. The number of aryl methyl sites for hydroxylation is 1. The number of Topliss-reactive ketones (excluding diaryl/α,β-unsaturated/α-hetero) is 1.